The minimum atomic E-state index is -0.250. The molecule has 0 unspecified atom stereocenters. The average molecular weight is 462 g/mol. The van der Waals surface area contributed by atoms with Gasteiger partial charge < -0.3 is 24.7 Å². The minimum absolute atomic E-state index is 0.0461. The number of carboxylic acid groups (broad SMARTS) is 2. The molecular weight excluding hydrogens is 426 g/mol. The third kappa shape index (κ3) is 5.54. The lowest BCUT2D eigenvalue weighted by molar-refractivity contribution is -0.133. The summed E-state index contributed by atoms with van der Waals surface area (Å²) >= 11 is 0. The standard InChI is InChI=1S/C22H31N3O2.2CH2O2/c1-23(2)12-18-19-13-25(15-22(19)9-7-20(18)27-22)21(26)14-24-10-8-16-5-3-4-6-17(16)11-24;2*2-1-3/h3-6,18-20H,7-15H2,1-2H3;2*1H,(H,2,3)/t18-,19+,20+,22+;;/m0../s1. The van der Waals surface area contributed by atoms with Gasteiger partial charge in [0.05, 0.1) is 24.8 Å². The molecular formula is C24H35N3O6. The van der Waals surface area contributed by atoms with Crippen LogP contribution >= 0.6 is 0 Å². The maximum Gasteiger partial charge on any atom is 0.290 e. The second-order valence-corrected chi connectivity index (χ2v) is 9.51. The topological polar surface area (TPSA) is 111 Å². The van der Waals surface area contributed by atoms with Crippen molar-refractivity contribution in [1.82, 2.24) is 14.7 Å². The van der Waals surface area contributed by atoms with Gasteiger partial charge in [-0.15, -0.1) is 0 Å². The number of likely N-dealkylation sites (tertiary alicyclic amines) is 1. The van der Waals surface area contributed by atoms with Gasteiger partial charge in [-0.05, 0) is 44.5 Å². The highest BCUT2D eigenvalue weighted by molar-refractivity contribution is 5.79. The number of fused-ring (bicyclic) bond motifs is 2. The van der Waals surface area contributed by atoms with Crippen LogP contribution in [-0.4, -0.2) is 102 Å². The normalized spacial score (nSPS) is 29.3. The van der Waals surface area contributed by atoms with E-state index < -0.39 is 0 Å². The predicted octanol–water partition coefficient (Wildman–Crippen LogP) is 1.01. The first-order chi connectivity index (χ1) is 15.9. The molecule has 4 atom stereocenters. The van der Waals surface area contributed by atoms with E-state index >= 15 is 0 Å². The number of benzene rings is 1. The molecule has 9 heteroatoms. The molecule has 3 saturated heterocycles. The van der Waals surface area contributed by atoms with E-state index in [1.54, 1.807) is 0 Å². The zero-order chi connectivity index (χ0) is 24.0. The summed E-state index contributed by atoms with van der Waals surface area (Å²) in [6.45, 7) is 4.68. The lowest BCUT2D eigenvalue weighted by atomic mass is 9.73. The largest absolute Gasteiger partial charge is 0.483 e. The first kappa shape index (κ1) is 25.1. The Morgan fingerprint density at radius 3 is 2.55 bits per heavy atom. The van der Waals surface area contributed by atoms with Gasteiger partial charge in [-0.2, -0.15) is 0 Å². The van der Waals surface area contributed by atoms with Gasteiger partial charge in [-0.3, -0.25) is 19.3 Å². The number of carbonyl (C=O) groups excluding carboxylic acids is 1. The van der Waals surface area contributed by atoms with E-state index in [0.717, 1.165) is 45.6 Å². The fraction of sp³-hybridized carbons (Fsp3) is 0.625. The summed E-state index contributed by atoms with van der Waals surface area (Å²) in [7, 11) is 4.29. The highest BCUT2D eigenvalue weighted by Crippen LogP contribution is 2.54. The molecule has 0 aromatic heterocycles. The SMILES string of the molecule is CN(C)C[C@H]1[C@H]2CN(C(=O)CN3CCc4ccccc4C3)C[C@]23CC[C@H]1O3.O=CO.O=CO. The second kappa shape index (κ2) is 11.1. The molecule has 1 aromatic carbocycles. The predicted molar refractivity (Wildman–Crippen MR) is 122 cm³/mol. The number of carbonyl (C=O) groups is 3. The zero-order valence-electron chi connectivity index (χ0n) is 19.4. The van der Waals surface area contributed by atoms with Crippen LogP contribution in [0.15, 0.2) is 24.3 Å². The fourth-order valence-corrected chi connectivity index (χ4v) is 6.03. The maximum absolute atomic E-state index is 13.1. The lowest BCUT2D eigenvalue weighted by Gasteiger charge is -2.31. The van der Waals surface area contributed by atoms with Crippen molar-refractivity contribution in [2.24, 2.45) is 11.8 Å². The Bertz CT molecular complexity index is 828. The molecule has 2 bridgehead atoms. The number of amides is 1. The molecule has 0 radical (unpaired) electrons. The van der Waals surface area contributed by atoms with Crippen molar-refractivity contribution in [3.8, 4) is 0 Å². The molecule has 0 aliphatic carbocycles. The molecule has 1 amide bonds. The number of hydrogen-bond acceptors (Lipinski definition) is 6. The molecule has 1 aromatic rings. The third-order valence-electron chi connectivity index (χ3n) is 7.28. The van der Waals surface area contributed by atoms with Crippen LogP contribution in [0, 0.1) is 11.8 Å². The van der Waals surface area contributed by atoms with Crippen molar-refractivity contribution in [3.05, 3.63) is 35.4 Å². The van der Waals surface area contributed by atoms with Crippen LogP contribution in [0.25, 0.3) is 0 Å². The Morgan fingerprint density at radius 1 is 1.21 bits per heavy atom. The fourth-order valence-electron chi connectivity index (χ4n) is 6.03. The van der Waals surface area contributed by atoms with E-state index in [-0.39, 0.29) is 24.5 Å². The Labute approximate surface area is 194 Å². The minimum Gasteiger partial charge on any atom is -0.483 e. The van der Waals surface area contributed by atoms with Crippen molar-refractivity contribution in [1.29, 1.82) is 0 Å². The Kier molecular flexibility index (Phi) is 8.45. The molecule has 2 N–H and O–H groups in total. The van der Waals surface area contributed by atoms with Crippen LogP contribution in [0.2, 0.25) is 0 Å². The first-order valence-electron chi connectivity index (χ1n) is 11.4. The zero-order valence-corrected chi connectivity index (χ0v) is 19.4. The van der Waals surface area contributed by atoms with Gasteiger partial charge in [-0.1, -0.05) is 24.3 Å². The molecule has 33 heavy (non-hydrogen) atoms. The van der Waals surface area contributed by atoms with Gasteiger partial charge in [0.2, 0.25) is 5.91 Å². The van der Waals surface area contributed by atoms with E-state index in [2.05, 4.69) is 53.1 Å². The van der Waals surface area contributed by atoms with E-state index in [1.807, 2.05) is 0 Å². The smallest absolute Gasteiger partial charge is 0.290 e. The van der Waals surface area contributed by atoms with E-state index in [1.165, 1.54) is 17.5 Å². The van der Waals surface area contributed by atoms with E-state index in [4.69, 9.17) is 24.5 Å². The van der Waals surface area contributed by atoms with Gasteiger partial charge >= 0.3 is 0 Å². The monoisotopic (exact) mass is 461 g/mol. The number of rotatable bonds is 4. The Balaban J connectivity index is 0.000000464. The lowest BCUT2D eigenvalue weighted by Crippen LogP contribution is -2.43. The third-order valence-corrected chi connectivity index (χ3v) is 7.28. The summed E-state index contributed by atoms with van der Waals surface area (Å²) in [6.07, 6.45) is 3.76. The van der Waals surface area contributed by atoms with E-state index in [9.17, 15) is 4.79 Å². The number of hydrogen-bond donors (Lipinski definition) is 2. The summed E-state index contributed by atoms with van der Waals surface area (Å²) in [4.78, 5) is 36.5. The molecule has 3 fully saturated rings. The molecule has 0 saturated carbocycles. The van der Waals surface area contributed by atoms with Gasteiger partial charge in [0.15, 0.2) is 0 Å². The molecule has 4 aliphatic heterocycles. The van der Waals surface area contributed by atoms with Crippen LogP contribution in [0.1, 0.15) is 24.0 Å². The van der Waals surface area contributed by atoms with Crippen molar-refractivity contribution in [2.75, 3.05) is 46.8 Å². The molecule has 1 spiro atoms. The van der Waals surface area contributed by atoms with Crippen LogP contribution < -0.4 is 0 Å². The molecule has 5 rings (SSSR count). The van der Waals surface area contributed by atoms with Crippen LogP contribution in [-0.2, 0) is 32.1 Å². The number of nitrogens with zero attached hydrogens (tertiary/aromatic N) is 3. The number of ether oxygens (including phenoxy) is 1. The highest BCUT2D eigenvalue weighted by Gasteiger charge is 2.63. The van der Waals surface area contributed by atoms with Gasteiger partial charge in [-0.25, -0.2) is 0 Å². The molecule has 4 aliphatic rings. The molecule has 9 nitrogen and oxygen atoms in total. The summed E-state index contributed by atoms with van der Waals surface area (Å²) in [5.41, 5.74) is 2.77. The van der Waals surface area contributed by atoms with Crippen molar-refractivity contribution in [3.63, 3.8) is 0 Å². The summed E-state index contributed by atoms with van der Waals surface area (Å²) in [6, 6.07) is 8.63. The summed E-state index contributed by atoms with van der Waals surface area (Å²) < 4.78 is 6.48. The van der Waals surface area contributed by atoms with Crippen molar-refractivity contribution in [2.45, 2.75) is 37.5 Å². The van der Waals surface area contributed by atoms with Crippen LogP contribution in [0.5, 0.6) is 0 Å². The highest BCUT2D eigenvalue weighted by atomic mass is 16.5. The van der Waals surface area contributed by atoms with Gasteiger partial charge in [0.1, 0.15) is 0 Å². The van der Waals surface area contributed by atoms with Crippen molar-refractivity contribution < 1.29 is 29.3 Å². The second-order valence-electron chi connectivity index (χ2n) is 9.51. The average Bonchev–Trinajstić information content (AvgIpc) is 3.44. The van der Waals surface area contributed by atoms with Gasteiger partial charge in [0, 0.05) is 38.0 Å². The van der Waals surface area contributed by atoms with Gasteiger partial charge in [0.25, 0.3) is 12.9 Å². The molecule has 4 heterocycles. The quantitative estimate of drug-likeness (QED) is 0.640. The van der Waals surface area contributed by atoms with Crippen LogP contribution in [0.3, 0.4) is 0 Å². The van der Waals surface area contributed by atoms with Crippen molar-refractivity contribution >= 4 is 18.9 Å². The first-order valence-corrected chi connectivity index (χ1v) is 11.4. The maximum atomic E-state index is 13.1. The Morgan fingerprint density at radius 2 is 1.88 bits per heavy atom. The van der Waals surface area contributed by atoms with Crippen LogP contribution in [0.4, 0.5) is 0 Å². The summed E-state index contributed by atoms with van der Waals surface area (Å²) in [5.74, 6) is 1.38. The molecule has 182 valence electrons. The Hall–Kier alpha value is -2.49. The van der Waals surface area contributed by atoms with E-state index in [0.29, 0.717) is 24.5 Å². The summed E-state index contributed by atoms with van der Waals surface area (Å²) in [5, 5.41) is 13.8.